The van der Waals surface area contributed by atoms with E-state index in [1.807, 2.05) is 0 Å². The first-order valence-corrected chi connectivity index (χ1v) is 6.93. The molecule has 4 N–H and O–H groups in total. The van der Waals surface area contributed by atoms with Crippen molar-refractivity contribution in [2.24, 2.45) is 0 Å². The highest BCUT2D eigenvalue weighted by molar-refractivity contribution is 5.92. The van der Waals surface area contributed by atoms with Crippen molar-refractivity contribution in [2.75, 3.05) is 5.32 Å². The van der Waals surface area contributed by atoms with Crippen molar-refractivity contribution in [3.63, 3.8) is 0 Å². The van der Waals surface area contributed by atoms with Gasteiger partial charge in [-0.15, -0.1) is 0 Å². The number of rotatable bonds is 6. The zero-order valence-corrected chi connectivity index (χ0v) is 12.1. The largest absolute Gasteiger partial charge is 0.507 e. The lowest BCUT2D eigenvalue weighted by Crippen LogP contribution is -2.12. The minimum Gasteiger partial charge on any atom is -0.507 e. The van der Waals surface area contributed by atoms with Crippen molar-refractivity contribution in [1.29, 1.82) is 0 Å². The Bertz CT molecular complexity index is 740. The van der Waals surface area contributed by atoms with E-state index >= 15 is 0 Å². The molecular weight excluding hydrogens is 286 g/mol. The molecule has 2 aromatic rings. The topological polar surface area (TPSA) is 115 Å². The van der Waals surface area contributed by atoms with E-state index in [0.717, 1.165) is 12.8 Å². The third-order valence-corrected chi connectivity index (χ3v) is 3.07. The van der Waals surface area contributed by atoms with Gasteiger partial charge in [0.15, 0.2) is 0 Å². The molecule has 0 atom stereocenters. The Labute approximate surface area is 126 Å². The number of carbonyl (C=O) groups is 1. The fourth-order valence-electron chi connectivity index (χ4n) is 1.97. The molecular formula is C15H17N3O4. The molecule has 7 heteroatoms. The van der Waals surface area contributed by atoms with E-state index in [-0.39, 0.29) is 22.8 Å². The van der Waals surface area contributed by atoms with E-state index in [0.29, 0.717) is 17.8 Å². The van der Waals surface area contributed by atoms with Crippen molar-refractivity contribution >= 4 is 17.6 Å². The molecule has 0 saturated heterocycles. The predicted octanol–water partition coefficient (Wildman–Crippen LogP) is 2.26. The van der Waals surface area contributed by atoms with E-state index in [4.69, 9.17) is 5.11 Å². The van der Waals surface area contributed by atoms with Gasteiger partial charge in [0.25, 0.3) is 5.56 Å². The van der Waals surface area contributed by atoms with Gasteiger partial charge in [0.1, 0.15) is 11.3 Å². The van der Waals surface area contributed by atoms with Gasteiger partial charge in [0.05, 0.1) is 0 Å². The number of benzene rings is 1. The van der Waals surface area contributed by atoms with E-state index in [9.17, 15) is 14.7 Å². The number of nitrogens with one attached hydrogen (secondary N) is 2. The number of aromatic nitrogens is 2. The highest BCUT2D eigenvalue weighted by atomic mass is 16.4. The number of H-pyrrole nitrogens is 1. The number of nitrogens with zero attached hydrogens (tertiary/aromatic N) is 1. The smallest absolute Gasteiger partial charge is 0.339 e. The summed E-state index contributed by atoms with van der Waals surface area (Å²) in [5.41, 5.74) is 0.576. The van der Waals surface area contributed by atoms with Crippen molar-refractivity contribution in [2.45, 2.75) is 26.2 Å². The lowest BCUT2D eigenvalue weighted by atomic mass is 10.2. The average Bonchev–Trinajstić information content (AvgIpc) is 2.46. The molecule has 22 heavy (non-hydrogen) atoms. The van der Waals surface area contributed by atoms with Crippen molar-refractivity contribution in [1.82, 2.24) is 9.97 Å². The molecule has 0 aliphatic rings. The van der Waals surface area contributed by atoms with Crippen LogP contribution in [0.15, 0.2) is 29.1 Å². The standard InChI is InChI=1S/C15H17N3O4/c1-2-3-4-9-8-13(20)18-15(16-9)17-10-5-6-12(19)11(7-10)14(21)22/h5-8,19H,2-4H2,1H3,(H,21,22)(H2,16,17,18,20). The number of phenols is 1. The molecule has 2 rings (SSSR count). The monoisotopic (exact) mass is 303 g/mol. The molecule has 0 spiro atoms. The Morgan fingerprint density at radius 1 is 1.36 bits per heavy atom. The van der Waals surface area contributed by atoms with Crippen molar-refractivity contribution in [3.8, 4) is 5.75 Å². The van der Waals surface area contributed by atoms with Crippen LogP contribution in [0, 0.1) is 0 Å². The van der Waals surface area contributed by atoms with Gasteiger partial charge >= 0.3 is 5.97 Å². The predicted molar refractivity (Wildman–Crippen MR) is 81.8 cm³/mol. The summed E-state index contributed by atoms with van der Waals surface area (Å²) in [6.07, 6.45) is 2.63. The van der Waals surface area contributed by atoms with E-state index < -0.39 is 5.97 Å². The van der Waals surface area contributed by atoms with E-state index in [1.165, 1.54) is 24.3 Å². The lowest BCUT2D eigenvalue weighted by Gasteiger charge is -2.08. The second kappa shape index (κ2) is 6.75. The van der Waals surface area contributed by atoms with Crippen LogP contribution in [0.5, 0.6) is 5.75 Å². The SMILES string of the molecule is CCCCc1cc(=O)[nH]c(Nc2ccc(O)c(C(=O)O)c2)n1. The van der Waals surface area contributed by atoms with Crippen LogP contribution >= 0.6 is 0 Å². The molecule has 1 aromatic heterocycles. The van der Waals surface area contributed by atoms with Crippen LogP contribution in [0.3, 0.4) is 0 Å². The first-order valence-electron chi connectivity index (χ1n) is 6.93. The van der Waals surface area contributed by atoms with Gasteiger partial charge in [-0.05, 0) is 31.0 Å². The Morgan fingerprint density at radius 2 is 2.14 bits per heavy atom. The number of aromatic carboxylic acids is 1. The van der Waals surface area contributed by atoms with Crippen LogP contribution in [0.4, 0.5) is 11.6 Å². The van der Waals surface area contributed by atoms with Gasteiger partial charge < -0.3 is 15.5 Å². The summed E-state index contributed by atoms with van der Waals surface area (Å²) in [5.74, 6) is -1.32. The van der Waals surface area contributed by atoms with E-state index in [2.05, 4.69) is 22.2 Å². The molecule has 7 nitrogen and oxygen atoms in total. The van der Waals surface area contributed by atoms with Crippen LogP contribution in [-0.2, 0) is 6.42 Å². The molecule has 0 saturated carbocycles. The first kappa shape index (κ1) is 15.6. The van der Waals surface area contributed by atoms with Crippen LogP contribution in [0.25, 0.3) is 0 Å². The number of carboxylic acids is 1. The molecule has 116 valence electrons. The van der Waals surface area contributed by atoms with Crippen LogP contribution in [-0.4, -0.2) is 26.2 Å². The van der Waals surface area contributed by atoms with Gasteiger partial charge in [-0.3, -0.25) is 9.78 Å². The number of hydrogen-bond donors (Lipinski definition) is 4. The van der Waals surface area contributed by atoms with Crippen molar-refractivity contribution < 1.29 is 15.0 Å². The normalized spacial score (nSPS) is 10.4. The van der Waals surface area contributed by atoms with Gasteiger partial charge in [-0.1, -0.05) is 13.3 Å². The summed E-state index contributed by atoms with van der Waals surface area (Å²) in [6, 6.07) is 5.49. The number of anilines is 2. The minimum absolute atomic E-state index is 0.227. The molecule has 0 radical (unpaired) electrons. The molecule has 0 unspecified atom stereocenters. The maximum atomic E-state index is 11.6. The van der Waals surface area contributed by atoms with Gasteiger partial charge in [0.2, 0.25) is 5.95 Å². The maximum Gasteiger partial charge on any atom is 0.339 e. The molecule has 1 aromatic carbocycles. The van der Waals surface area contributed by atoms with Crippen LogP contribution in [0.2, 0.25) is 0 Å². The summed E-state index contributed by atoms with van der Waals surface area (Å²) < 4.78 is 0. The lowest BCUT2D eigenvalue weighted by molar-refractivity contribution is 0.0694. The number of unbranched alkanes of at least 4 members (excludes halogenated alkanes) is 1. The Hall–Kier alpha value is -2.83. The number of aromatic amines is 1. The summed E-state index contributed by atoms with van der Waals surface area (Å²) >= 11 is 0. The minimum atomic E-state index is -1.24. The fourth-order valence-corrected chi connectivity index (χ4v) is 1.97. The number of aryl methyl sites for hydroxylation is 1. The number of carboxylic acid groups (broad SMARTS) is 1. The zero-order chi connectivity index (χ0) is 16.1. The molecule has 0 amide bonds. The molecule has 1 heterocycles. The summed E-state index contributed by atoms with van der Waals surface area (Å²) in [7, 11) is 0. The second-order valence-electron chi connectivity index (χ2n) is 4.85. The maximum absolute atomic E-state index is 11.6. The highest BCUT2D eigenvalue weighted by Gasteiger charge is 2.11. The fraction of sp³-hybridized carbons (Fsp3) is 0.267. The Balaban J connectivity index is 2.27. The average molecular weight is 303 g/mol. The van der Waals surface area contributed by atoms with Crippen LogP contribution in [0.1, 0.15) is 35.8 Å². The Morgan fingerprint density at radius 3 is 2.82 bits per heavy atom. The Kier molecular flexibility index (Phi) is 4.77. The second-order valence-corrected chi connectivity index (χ2v) is 4.85. The van der Waals surface area contributed by atoms with E-state index in [1.54, 1.807) is 0 Å². The number of hydrogen-bond acceptors (Lipinski definition) is 5. The summed E-state index contributed by atoms with van der Waals surface area (Å²) in [4.78, 5) is 29.5. The number of aromatic hydroxyl groups is 1. The quantitative estimate of drug-likeness (QED) is 0.608. The molecule has 0 fully saturated rings. The van der Waals surface area contributed by atoms with Crippen molar-refractivity contribution in [3.05, 3.63) is 45.9 Å². The van der Waals surface area contributed by atoms with Gasteiger partial charge in [-0.25, -0.2) is 9.78 Å². The van der Waals surface area contributed by atoms with Crippen LogP contribution < -0.4 is 10.9 Å². The molecule has 0 aliphatic carbocycles. The third-order valence-electron chi connectivity index (χ3n) is 3.07. The van der Waals surface area contributed by atoms with Gasteiger partial charge in [-0.2, -0.15) is 0 Å². The zero-order valence-electron chi connectivity index (χ0n) is 12.1. The van der Waals surface area contributed by atoms with Gasteiger partial charge in [0, 0.05) is 17.4 Å². The molecule has 0 bridgehead atoms. The first-order chi connectivity index (χ1) is 10.5. The highest BCUT2D eigenvalue weighted by Crippen LogP contribution is 2.22. The molecule has 0 aliphatic heterocycles. The third kappa shape index (κ3) is 3.85. The summed E-state index contributed by atoms with van der Waals surface area (Å²) in [6.45, 7) is 2.05. The summed E-state index contributed by atoms with van der Waals surface area (Å²) in [5, 5.41) is 21.3.